The van der Waals surface area contributed by atoms with E-state index in [1.807, 2.05) is 6.92 Å². The molecule has 1 atom stereocenters. The number of likely N-dealkylation sites (tertiary alicyclic amines) is 1. The normalized spacial score (nSPS) is 17.5. The molecule has 0 bridgehead atoms. The number of alkyl halides is 3. The molecule has 0 aliphatic carbocycles. The van der Waals surface area contributed by atoms with Gasteiger partial charge in [-0.1, -0.05) is 23.4 Å². The lowest BCUT2D eigenvalue weighted by Crippen LogP contribution is -2.45. The zero-order valence-electron chi connectivity index (χ0n) is 17.0. The van der Waals surface area contributed by atoms with E-state index in [0.717, 1.165) is 12.1 Å². The fourth-order valence-electron chi connectivity index (χ4n) is 3.61. The number of aromatic nitrogens is 2. The molecule has 3 aromatic rings. The van der Waals surface area contributed by atoms with Crippen molar-refractivity contribution in [2.75, 3.05) is 13.1 Å². The first-order valence-corrected chi connectivity index (χ1v) is 12.3. The number of sulfonamides is 1. The second-order valence-electron chi connectivity index (χ2n) is 7.57. The summed E-state index contributed by atoms with van der Waals surface area (Å²) >= 11 is 1.17. The number of hydrogen-bond donors (Lipinski definition) is 1. The van der Waals surface area contributed by atoms with Crippen LogP contribution in [0.5, 0.6) is 0 Å². The maximum absolute atomic E-state index is 13.0. The van der Waals surface area contributed by atoms with Gasteiger partial charge in [-0.2, -0.15) is 18.2 Å². The van der Waals surface area contributed by atoms with Crippen molar-refractivity contribution < 1.29 is 26.1 Å². The summed E-state index contributed by atoms with van der Waals surface area (Å²) in [6, 6.07) is 7.63. The monoisotopic (exact) mass is 486 g/mol. The van der Waals surface area contributed by atoms with E-state index in [1.54, 1.807) is 17.5 Å². The van der Waals surface area contributed by atoms with Crippen LogP contribution in [0.1, 0.15) is 37.3 Å². The number of rotatable bonds is 6. The lowest BCUT2D eigenvalue weighted by atomic mass is 10.0. The second-order valence-corrected chi connectivity index (χ2v) is 10.5. The van der Waals surface area contributed by atoms with Gasteiger partial charge in [-0.25, -0.2) is 13.1 Å². The molecule has 1 fully saturated rings. The lowest BCUT2D eigenvalue weighted by Gasteiger charge is -2.34. The van der Waals surface area contributed by atoms with Crippen LogP contribution in [0.2, 0.25) is 0 Å². The molecular formula is C20H21F3N4O3S2. The average molecular weight is 487 g/mol. The maximum Gasteiger partial charge on any atom is 0.416 e. The molecule has 4 rings (SSSR count). The number of hydrogen-bond acceptors (Lipinski definition) is 7. The third-order valence-corrected chi connectivity index (χ3v) is 8.32. The number of thiophene rings is 1. The topological polar surface area (TPSA) is 88.3 Å². The summed E-state index contributed by atoms with van der Waals surface area (Å²) in [5.41, 5.74) is -0.551. The van der Waals surface area contributed by atoms with Crippen LogP contribution < -0.4 is 4.72 Å². The van der Waals surface area contributed by atoms with Crippen molar-refractivity contribution in [3.05, 3.63) is 53.2 Å². The Balaban J connectivity index is 1.38. The number of halogens is 3. The Bertz CT molecular complexity index is 1150. The van der Waals surface area contributed by atoms with Crippen molar-refractivity contribution in [1.82, 2.24) is 19.8 Å². The summed E-state index contributed by atoms with van der Waals surface area (Å²) in [5, 5.41) is 5.57. The number of benzene rings is 1. The minimum Gasteiger partial charge on any atom is -0.337 e. The highest BCUT2D eigenvalue weighted by Gasteiger charge is 2.32. The van der Waals surface area contributed by atoms with Crippen molar-refractivity contribution in [1.29, 1.82) is 0 Å². The molecule has 1 unspecified atom stereocenters. The van der Waals surface area contributed by atoms with Crippen LogP contribution in [0, 0.1) is 0 Å². The molecule has 32 heavy (non-hydrogen) atoms. The lowest BCUT2D eigenvalue weighted by molar-refractivity contribution is -0.137. The number of nitrogens with zero attached hydrogens (tertiary/aromatic N) is 3. The summed E-state index contributed by atoms with van der Waals surface area (Å²) in [6.45, 7) is 3.10. The molecule has 0 amide bonds. The average Bonchev–Trinajstić information content (AvgIpc) is 3.46. The zero-order valence-corrected chi connectivity index (χ0v) is 18.7. The van der Waals surface area contributed by atoms with Gasteiger partial charge in [-0.05, 0) is 43.3 Å². The van der Waals surface area contributed by atoms with Crippen LogP contribution in [0.4, 0.5) is 13.2 Å². The Labute approximate surface area is 187 Å². The van der Waals surface area contributed by atoms with Gasteiger partial charge in [0.25, 0.3) is 0 Å². The molecule has 1 aliphatic rings. The molecule has 1 N–H and O–H groups in total. The fourth-order valence-corrected chi connectivity index (χ4v) is 5.93. The van der Waals surface area contributed by atoms with Crippen molar-refractivity contribution in [2.45, 2.75) is 42.2 Å². The van der Waals surface area contributed by atoms with Crippen LogP contribution in [0.25, 0.3) is 11.4 Å². The molecule has 7 nitrogen and oxygen atoms in total. The third-order valence-electron chi connectivity index (χ3n) is 5.41. The molecule has 2 aromatic heterocycles. The van der Waals surface area contributed by atoms with Crippen molar-refractivity contribution in [2.24, 2.45) is 0 Å². The maximum atomic E-state index is 13.0. The van der Waals surface area contributed by atoms with E-state index in [-0.39, 0.29) is 23.5 Å². The van der Waals surface area contributed by atoms with E-state index in [1.165, 1.54) is 23.5 Å². The van der Waals surface area contributed by atoms with Crippen molar-refractivity contribution in [3.63, 3.8) is 0 Å². The summed E-state index contributed by atoms with van der Waals surface area (Å²) in [5.74, 6) is 0.395. The summed E-state index contributed by atoms with van der Waals surface area (Å²) < 4.78 is 72.1. The molecule has 172 valence electrons. The first-order valence-electron chi connectivity index (χ1n) is 9.94. The van der Waals surface area contributed by atoms with Gasteiger partial charge >= 0.3 is 6.18 Å². The van der Waals surface area contributed by atoms with E-state index in [2.05, 4.69) is 19.8 Å². The minimum atomic E-state index is -4.45. The van der Waals surface area contributed by atoms with Gasteiger partial charge in [0.15, 0.2) is 0 Å². The molecule has 12 heteroatoms. The van der Waals surface area contributed by atoms with E-state index < -0.39 is 21.8 Å². The van der Waals surface area contributed by atoms with Gasteiger partial charge < -0.3 is 4.52 Å². The smallest absolute Gasteiger partial charge is 0.337 e. The number of piperidine rings is 1. The molecular weight excluding hydrogens is 465 g/mol. The predicted molar refractivity (Wildman–Crippen MR) is 112 cm³/mol. The number of nitrogens with one attached hydrogen (secondary N) is 1. The van der Waals surface area contributed by atoms with Crippen LogP contribution in [-0.2, 0) is 16.2 Å². The first-order chi connectivity index (χ1) is 15.1. The molecule has 1 aliphatic heterocycles. The zero-order chi connectivity index (χ0) is 22.9. The highest BCUT2D eigenvalue weighted by molar-refractivity contribution is 7.91. The Hall–Kier alpha value is -2.28. The summed E-state index contributed by atoms with van der Waals surface area (Å²) in [6.07, 6.45) is -3.22. The van der Waals surface area contributed by atoms with E-state index >= 15 is 0 Å². The molecule has 0 saturated carbocycles. The van der Waals surface area contributed by atoms with Crippen molar-refractivity contribution in [3.8, 4) is 11.4 Å². The van der Waals surface area contributed by atoms with Gasteiger partial charge in [0.2, 0.25) is 21.7 Å². The third kappa shape index (κ3) is 5.03. The predicted octanol–water partition coefficient (Wildman–Crippen LogP) is 4.32. The Morgan fingerprint density at radius 2 is 1.97 bits per heavy atom. The SMILES string of the molecule is CC(c1nc(-c2cccc(C(F)(F)F)c2)no1)N1CCC(NS(=O)(=O)c2cccs2)CC1. The first kappa shape index (κ1) is 22.9. The molecule has 1 saturated heterocycles. The van der Waals surface area contributed by atoms with Crippen LogP contribution >= 0.6 is 11.3 Å². The van der Waals surface area contributed by atoms with Gasteiger partial charge in [0.1, 0.15) is 4.21 Å². The van der Waals surface area contributed by atoms with E-state index in [4.69, 9.17) is 4.52 Å². The van der Waals surface area contributed by atoms with Crippen LogP contribution in [-0.4, -0.2) is 42.6 Å². The Kier molecular flexibility index (Phi) is 6.39. The standard InChI is InChI=1S/C20H21F3N4O3S2/c1-13(19-24-18(25-30-19)14-4-2-5-15(12-14)20(21,22)23)27-9-7-16(8-10-27)26-32(28,29)17-6-3-11-31-17/h2-6,11-13,16,26H,7-10H2,1H3. The van der Waals surface area contributed by atoms with Crippen LogP contribution in [0.3, 0.4) is 0 Å². The molecule has 0 radical (unpaired) electrons. The Morgan fingerprint density at radius 3 is 2.62 bits per heavy atom. The fraction of sp³-hybridized carbons (Fsp3) is 0.400. The van der Waals surface area contributed by atoms with Gasteiger partial charge in [0, 0.05) is 24.7 Å². The van der Waals surface area contributed by atoms with Crippen molar-refractivity contribution >= 4 is 21.4 Å². The van der Waals surface area contributed by atoms with E-state index in [9.17, 15) is 21.6 Å². The molecule has 1 aromatic carbocycles. The second kappa shape index (κ2) is 8.93. The van der Waals surface area contributed by atoms with Gasteiger partial charge in [-0.15, -0.1) is 11.3 Å². The molecule has 0 spiro atoms. The summed E-state index contributed by atoms with van der Waals surface area (Å²) in [7, 11) is -3.52. The largest absolute Gasteiger partial charge is 0.416 e. The highest BCUT2D eigenvalue weighted by Crippen LogP contribution is 2.32. The quantitative estimate of drug-likeness (QED) is 0.558. The molecule has 3 heterocycles. The minimum absolute atomic E-state index is 0.0940. The Morgan fingerprint density at radius 1 is 1.22 bits per heavy atom. The van der Waals surface area contributed by atoms with Gasteiger partial charge in [0.05, 0.1) is 11.6 Å². The van der Waals surface area contributed by atoms with Gasteiger partial charge in [-0.3, -0.25) is 4.90 Å². The van der Waals surface area contributed by atoms with Crippen LogP contribution in [0.15, 0.2) is 50.5 Å². The van der Waals surface area contributed by atoms with E-state index in [0.29, 0.717) is 36.0 Å². The summed E-state index contributed by atoms with van der Waals surface area (Å²) in [4.78, 5) is 6.38. The highest BCUT2D eigenvalue weighted by atomic mass is 32.2.